The molecular weight excluding hydrogens is 425 g/mol. The van der Waals surface area contributed by atoms with Gasteiger partial charge >= 0.3 is 0 Å². The Kier molecular flexibility index (Phi) is 5.44. The molecule has 4 nitrogen and oxygen atoms in total. The third kappa shape index (κ3) is 3.72. The third-order valence-corrected chi connectivity index (χ3v) is 4.91. The second kappa shape index (κ2) is 7.58. The summed E-state index contributed by atoms with van der Waals surface area (Å²) in [5.41, 5.74) is 5.05. The molecule has 0 atom stereocenters. The highest BCUT2D eigenvalue weighted by molar-refractivity contribution is 14.1. The highest BCUT2D eigenvalue weighted by Gasteiger charge is 2.16. The van der Waals surface area contributed by atoms with E-state index in [1.54, 1.807) is 6.07 Å². The first-order valence-corrected chi connectivity index (χ1v) is 9.39. The van der Waals surface area contributed by atoms with Crippen LogP contribution in [0.3, 0.4) is 0 Å². The maximum atomic E-state index is 10.3. The number of rotatable bonds is 5. The van der Waals surface area contributed by atoms with Crippen molar-refractivity contribution in [2.24, 2.45) is 0 Å². The summed E-state index contributed by atoms with van der Waals surface area (Å²) in [7, 11) is 1.92. The molecule has 0 saturated heterocycles. The number of nitrogens with zero attached hydrogens (tertiary/aromatic N) is 1. The van der Waals surface area contributed by atoms with Crippen molar-refractivity contribution < 1.29 is 5.11 Å². The van der Waals surface area contributed by atoms with E-state index in [1.165, 1.54) is 0 Å². The fourth-order valence-corrected chi connectivity index (χ4v) is 3.63. The SMILES string of the molecule is CNCc1c(Nc2ccnc3cc(I)ccc23)ccc(O)c1C(C)C. The minimum atomic E-state index is 0.237. The molecule has 5 heteroatoms. The molecule has 1 heterocycles. The van der Waals surface area contributed by atoms with Crippen LogP contribution in [0.4, 0.5) is 11.4 Å². The summed E-state index contributed by atoms with van der Waals surface area (Å²) in [6.45, 7) is 4.88. The lowest BCUT2D eigenvalue weighted by molar-refractivity contribution is 0.463. The molecule has 0 spiro atoms. The van der Waals surface area contributed by atoms with Crippen molar-refractivity contribution in [3.05, 3.63) is 57.3 Å². The van der Waals surface area contributed by atoms with Gasteiger partial charge in [0.05, 0.1) is 5.52 Å². The summed E-state index contributed by atoms with van der Waals surface area (Å²) in [5.74, 6) is 0.584. The van der Waals surface area contributed by atoms with Crippen LogP contribution in [0.1, 0.15) is 30.9 Å². The van der Waals surface area contributed by atoms with Gasteiger partial charge in [-0.25, -0.2) is 0 Å². The number of hydrogen-bond acceptors (Lipinski definition) is 4. The lowest BCUT2D eigenvalue weighted by Gasteiger charge is -2.20. The Labute approximate surface area is 161 Å². The number of fused-ring (bicyclic) bond motifs is 1. The Morgan fingerprint density at radius 2 is 1.92 bits per heavy atom. The van der Waals surface area contributed by atoms with Crippen LogP contribution in [-0.2, 0) is 6.54 Å². The second-order valence-electron chi connectivity index (χ2n) is 6.35. The van der Waals surface area contributed by atoms with Gasteiger partial charge in [0.2, 0.25) is 0 Å². The molecule has 0 saturated carbocycles. The smallest absolute Gasteiger partial charge is 0.119 e. The molecule has 130 valence electrons. The average molecular weight is 447 g/mol. The fourth-order valence-electron chi connectivity index (χ4n) is 3.16. The van der Waals surface area contributed by atoms with Crippen LogP contribution in [0.5, 0.6) is 5.75 Å². The van der Waals surface area contributed by atoms with Crippen molar-refractivity contribution in [3.63, 3.8) is 0 Å². The number of anilines is 2. The van der Waals surface area contributed by atoms with Crippen molar-refractivity contribution in [1.29, 1.82) is 0 Å². The molecule has 2 aromatic carbocycles. The van der Waals surface area contributed by atoms with Gasteiger partial charge in [-0.05, 0) is 77.5 Å². The summed E-state index contributed by atoms with van der Waals surface area (Å²) in [5, 5.41) is 18.2. The van der Waals surface area contributed by atoms with Crippen molar-refractivity contribution in [1.82, 2.24) is 10.3 Å². The lowest BCUT2D eigenvalue weighted by Crippen LogP contribution is -2.11. The monoisotopic (exact) mass is 447 g/mol. The molecule has 1 aromatic heterocycles. The number of benzene rings is 2. The fraction of sp³-hybridized carbons (Fsp3) is 0.250. The first kappa shape index (κ1) is 17.9. The van der Waals surface area contributed by atoms with Gasteiger partial charge in [-0.1, -0.05) is 13.8 Å². The second-order valence-corrected chi connectivity index (χ2v) is 7.60. The van der Waals surface area contributed by atoms with Crippen LogP contribution < -0.4 is 10.6 Å². The predicted octanol–water partition coefficient (Wildman–Crippen LogP) is 5.13. The maximum Gasteiger partial charge on any atom is 0.119 e. The molecular formula is C20H22IN3O. The molecule has 0 aliphatic rings. The summed E-state index contributed by atoms with van der Waals surface area (Å²) in [6, 6.07) is 11.9. The number of hydrogen-bond donors (Lipinski definition) is 3. The zero-order chi connectivity index (χ0) is 18.0. The minimum absolute atomic E-state index is 0.237. The number of aromatic nitrogens is 1. The molecule has 0 amide bonds. The van der Waals surface area contributed by atoms with Crippen LogP contribution in [0, 0.1) is 3.57 Å². The van der Waals surface area contributed by atoms with E-state index in [4.69, 9.17) is 0 Å². The van der Waals surface area contributed by atoms with Crippen molar-refractivity contribution >= 4 is 44.9 Å². The normalized spacial score (nSPS) is 11.2. The predicted molar refractivity (Wildman–Crippen MR) is 113 cm³/mol. The molecule has 3 rings (SSSR count). The van der Waals surface area contributed by atoms with E-state index in [2.05, 4.69) is 70.3 Å². The zero-order valence-corrected chi connectivity index (χ0v) is 16.8. The summed E-state index contributed by atoms with van der Waals surface area (Å²) < 4.78 is 1.16. The van der Waals surface area contributed by atoms with Gasteiger partial charge in [0.1, 0.15) is 5.75 Å². The maximum absolute atomic E-state index is 10.3. The van der Waals surface area contributed by atoms with Crippen LogP contribution >= 0.6 is 22.6 Å². The van der Waals surface area contributed by atoms with Gasteiger partial charge in [0.15, 0.2) is 0 Å². The Morgan fingerprint density at radius 1 is 1.12 bits per heavy atom. The van der Waals surface area contributed by atoms with Gasteiger partial charge in [-0.15, -0.1) is 0 Å². The zero-order valence-electron chi connectivity index (χ0n) is 14.6. The topological polar surface area (TPSA) is 57.2 Å². The number of aromatic hydroxyl groups is 1. The number of halogens is 1. The minimum Gasteiger partial charge on any atom is -0.508 e. The third-order valence-electron chi connectivity index (χ3n) is 4.24. The van der Waals surface area contributed by atoms with Gasteiger partial charge in [0.25, 0.3) is 0 Å². The van der Waals surface area contributed by atoms with Crippen molar-refractivity contribution in [2.45, 2.75) is 26.3 Å². The average Bonchev–Trinajstić information content (AvgIpc) is 2.57. The van der Waals surface area contributed by atoms with E-state index in [1.807, 2.05) is 25.4 Å². The number of phenolic OH excluding ortho intramolecular Hbond substituents is 1. The Bertz CT molecular complexity index is 909. The van der Waals surface area contributed by atoms with E-state index in [0.29, 0.717) is 12.3 Å². The van der Waals surface area contributed by atoms with E-state index >= 15 is 0 Å². The number of nitrogens with one attached hydrogen (secondary N) is 2. The van der Waals surface area contributed by atoms with Crippen LogP contribution in [0.15, 0.2) is 42.6 Å². The van der Waals surface area contributed by atoms with E-state index < -0.39 is 0 Å². The first-order chi connectivity index (χ1) is 12.0. The van der Waals surface area contributed by atoms with Gasteiger partial charge in [-0.2, -0.15) is 0 Å². The molecule has 0 aliphatic carbocycles. The van der Waals surface area contributed by atoms with Crippen molar-refractivity contribution in [2.75, 3.05) is 12.4 Å². The van der Waals surface area contributed by atoms with E-state index in [0.717, 1.165) is 37.0 Å². The highest BCUT2D eigenvalue weighted by Crippen LogP contribution is 2.36. The molecule has 3 N–H and O–H groups in total. The Hall–Kier alpha value is -1.86. The summed E-state index contributed by atoms with van der Waals surface area (Å²) >= 11 is 2.30. The Morgan fingerprint density at radius 3 is 2.64 bits per heavy atom. The van der Waals surface area contributed by atoms with Gasteiger partial charge in [0, 0.05) is 38.6 Å². The first-order valence-electron chi connectivity index (χ1n) is 8.32. The van der Waals surface area contributed by atoms with Crippen LogP contribution in [0.25, 0.3) is 10.9 Å². The van der Waals surface area contributed by atoms with Gasteiger partial charge in [-0.3, -0.25) is 4.98 Å². The molecule has 0 unspecified atom stereocenters. The molecule has 0 bridgehead atoms. The molecule has 0 fully saturated rings. The van der Waals surface area contributed by atoms with E-state index in [-0.39, 0.29) is 5.92 Å². The quantitative estimate of drug-likeness (QED) is 0.375. The molecule has 3 aromatic rings. The van der Waals surface area contributed by atoms with E-state index in [9.17, 15) is 5.11 Å². The summed E-state index contributed by atoms with van der Waals surface area (Å²) in [4.78, 5) is 4.47. The lowest BCUT2D eigenvalue weighted by atomic mass is 9.94. The van der Waals surface area contributed by atoms with Gasteiger partial charge < -0.3 is 15.7 Å². The number of phenols is 1. The van der Waals surface area contributed by atoms with Crippen LogP contribution in [-0.4, -0.2) is 17.1 Å². The highest BCUT2D eigenvalue weighted by atomic mass is 127. The Balaban J connectivity index is 2.11. The molecule has 25 heavy (non-hydrogen) atoms. The summed E-state index contributed by atoms with van der Waals surface area (Å²) in [6.07, 6.45) is 1.82. The molecule has 0 radical (unpaired) electrons. The van der Waals surface area contributed by atoms with Crippen LogP contribution in [0.2, 0.25) is 0 Å². The number of pyridine rings is 1. The standard InChI is InChI=1S/C20H22IN3O/c1-12(2)20-15(11-22-3)16(6-7-19(20)25)24-17-8-9-23-18-10-13(21)4-5-14(17)18/h4-10,12,22,25H,11H2,1-3H3,(H,23,24). The largest absolute Gasteiger partial charge is 0.508 e. The molecule has 0 aliphatic heterocycles. The van der Waals surface area contributed by atoms with Crippen molar-refractivity contribution in [3.8, 4) is 5.75 Å².